The summed E-state index contributed by atoms with van der Waals surface area (Å²) >= 11 is 7.69. The molecule has 1 unspecified atom stereocenters. The van der Waals surface area contributed by atoms with E-state index in [9.17, 15) is 0 Å². The molecule has 0 aliphatic heterocycles. The number of nitrogens with zero attached hydrogens (tertiary/aromatic N) is 1. The minimum absolute atomic E-state index is 0.0508. The van der Waals surface area contributed by atoms with Crippen LogP contribution in [0, 0.1) is 0 Å². The number of rotatable bonds is 4. The Labute approximate surface area is 103 Å². The molecule has 5 heteroatoms. The molecule has 0 fully saturated rings. The lowest BCUT2D eigenvalue weighted by atomic mass is 10.1. The SMILES string of the molecule is NNC(Cc1ccncc1)c1sccc1Cl. The number of halogens is 1. The molecule has 0 radical (unpaired) electrons. The zero-order valence-electron chi connectivity index (χ0n) is 8.56. The van der Waals surface area contributed by atoms with E-state index in [4.69, 9.17) is 17.4 Å². The number of hydrogen-bond acceptors (Lipinski definition) is 4. The number of nitrogens with one attached hydrogen (secondary N) is 1. The predicted molar refractivity (Wildman–Crippen MR) is 67.3 cm³/mol. The molecule has 3 N–H and O–H groups in total. The molecule has 0 aromatic carbocycles. The third-order valence-electron chi connectivity index (χ3n) is 2.35. The van der Waals surface area contributed by atoms with E-state index in [1.54, 1.807) is 23.7 Å². The number of aromatic nitrogens is 1. The lowest BCUT2D eigenvalue weighted by molar-refractivity contribution is 0.560. The molecule has 2 aromatic heterocycles. The number of nitrogens with two attached hydrogens (primary N) is 1. The molecular weight excluding hydrogens is 242 g/mol. The van der Waals surface area contributed by atoms with Crippen LogP contribution >= 0.6 is 22.9 Å². The molecule has 0 saturated carbocycles. The molecule has 0 saturated heterocycles. The van der Waals surface area contributed by atoms with Crippen LogP contribution in [0.2, 0.25) is 5.02 Å². The Morgan fingerprint density at radius 2 is 2.12 bits per heavy atom. The molecule has 0 spiro atoms. The van der Waals surface area contributed by atoms with Crippen molar-refractivity contribution in [1.82, 2.24) is 10.4 Å². The van der Waals surface area contributed by atoms with Gasteiger partial charge in [-0.1, -0.05) is 11.6 Å². The summed E-state index contributed by atoms with van der Waals surface area (Å²) in [5.74, 6) is 5.56. The van der Waals surface area contributed by atoms with Crippen molar-refractivity contribution in [3.05, 3.63) is 51.4 Å². The van der Waals surface area contributed by atoms with E-state index < -0.39 is 0 Å². The monoisotopic (exact) mass is 253 g/mol. The first-order valence-electron chi connectivity index (χ1n) is 4.89. The molecule has 3 nitrogen and oxygen atoms in total. The van der Waals surface area contributed by atoms with Gasteiger partial charge in [0.2, 0.25) is 0 Å². The Balaban J connectivity index is 2.16. The Hall–Kier alpha value is -0.940. The third kappa shape index (κ3) is 2.59. The summed E-state index contributed by atoms with van der Waals surface area (Å²) in [5, 5.41) is 2.73. The van der Waals surface area contributed by atoms with Gasteiger partial charge in [0.05, 0.1) is 11.1 Å². The highest BCUT2D eigenvalue weighted by Gasteiger charge is 2.15. The summed E-state index contributed by atoms with van der Waals surface area (Å²) in [6, 6.07) is 5.89. The van der Waals surface area contributed by atoms with Crippen LogP contribution in [0.25, 0.3) is 0 Å². The molecule has 2 aromatic rings. The summed E-state index contributed by atoms with van der Waals surface area (Å²) in [7, 11) is 0. The summed E-state index contributed by atoms with van der Waals surface area (Å²) in [6.07, 6.45) is 4.36. The van der Waals surface area contributed by atoms with Crippen LogP contribution in [0.1, 0.15) is 16.5 Å². The van der Waals surface area contributed by atoms with E-state index in [0.717, 1.165) is 16.3 Å². The summed E-state index contributed by atoms with van der Waals surface area (Å²) < 4.78 is 0. The maximum atomic E-state index is 6.08. The normalized spacial score (nSPS) is 12.6. The molecular formula is C11H12ClN3S. The van der Waals surface area contributed by atoms with Gasteiger partial charge >= 0.3 is 0 Å². The van der Waals surface area contributed by atoms with Crippen LogP contribution in [0.3, 0.4) is 0 Å². The smallest absolute Gasteiger partial charge is 0.0608 e. The van der Waals surface area contributed by atoms with Gasteiger partial charge in [-0.25, -0.2) is 0 Å². The number of hydrogen-bond donors (Lipinski definition) is 2. The van der Waals surface area contributed by atoms with Gasteiger partial charge in [-0.2, -0.15) is 0 Å². The van der Waals surface area contributed by atoms with Crippen molar-refractivity contribution in [3.8, 4) is 0 Å². The van der Waals surface area contributed by atoms with Gasteiger partial charge in [-0.15, -0.1) is 11.3 Å². The fourth-order valence-corrected chi connectivity index (χ4v) is 2.79. The molecule has 16 heavy (non-hydrogen) atoms. The third-order valence-corrected chi connectivity index (χ3v) is 3.82. The van der Waals surface area contributed by atoms with Crippen molar-refractivity contribution in [3.63, 3.8) is 0 Å². The highest BCUT2D eigenvalue weighted by molar-refractivity contribution is 7.10. The number of pyridine rings is 1. The fraction of sp³-hybridized carbons (Fsp3) is 0.182. The maximum Gasteiger partial charge on any atom is 0.0608 e. The number of hydrazine groups is 1. The second kappa shape index (κ2) is 5.41. The quantitative estimate of drug-likeness (QED) is 0.650. The van der Waals surface area contributed by atoms with E-state index in [-0.39, 0.29) is 6.04 Å². The van der Waals surface area contributed by atoms with E-state index >= 15 is 0 Å². The van der Waals surface area contributed by atoms with E-state index in [0.29, 0.717) is 0 Å². The molecule has 2 rings (SSSR count). The first kappa shape index (κ1) is 11.5. The Morgan fingerprint density at radius 1 is 1.38 bits per heavy atom. The van der Waals surface area contributed by atoms with Gasteiger partial charge in [0, 0.05) is 17.3 Å². The topological polar surface area (TPSA) is 50.9 Å². The summed E-state index contributed by atoms with van der Waals surface area (Å²) in [6.45, 7) is 0. The zero-order chi connectivity index (χ0) is 11.4. The van der Waals surface area contributed by atoms with Crippen molar-refractivity contribution >= 4 is 22.9 Å². The molecule has 0 aliphatic rings. The van der Waals surface area contributed by atoms with Crippen molar-refractivity contribution in [2.24, 2.45) is 5.84 Å². The van der Waals surface area contributed by atoms with Crippen molar-refractivity contribution < 1.29 is 0 Å². The Bertz CT molecular complexity index is 444. The molecule has 0 bridgehead atoms. The van der Waals surface area contributed by atoms with Crippen LogP contribution < -0.4 is 11.3 Å². The van der Waals surface area contributed by atoms with Crippen LogP contribution in [0.4, 0.5) is 0 Å². The van der Waals surface area contributed by atoms with E-state index in [1.165, 1.54) is 5.56 Å². The zero-order valence-corrected chi connectivity index (χ0v) is 10.1. The molecule has 2 heterocycles. The lowest BCUT2D eigenvalue weighted by Gasteiger charge is -2.14. The second-order valence-electron chi connectivity index (χ2n) is 3.41. The van der Waals surface area contributed by atoms with Crippen molar-refractivity contribution in [2.75, 3.05) is 0 Å². The van der Waals surface area contributed by atoms with Crippen LogP contribution in [-0.4, -0.2) is 4.98 Å². The van der Waals surface area contributed by atoms with Gasteiger partial charge in [0.1, 0.15) is 0 Å². The van der Waals surface area contributed by atoms with Crippen LogP contribution in [-0.2, 0) is 6.42 Å². The van der Waals surface area contributed by atoms with Gasteiger partial charge in [-0.05, 0) is 35.6 Å². The van der Waals surface area contributed by atoms with E-state index in [1.807, 2.05) is 23.6 Å². The molecule has 0 aliphatic carbocycles. The largest absolute Gasteiger partial charge is 0.271 e. The molecule has 0 amide bonds. The van der Waals surface area contributed by atoms with Crippen molar-refractivity contribution in [1.29, 1.82) is 0 Å². The summed E-state index contributed by atoms with van der Waals surface area (Å²) in [5.41, 5.74) is 3.98. The minimum Gasteiger partial charge on any atom is -0.271 e. The second-order valence-corrected chi connectivity index (χ2v) is 4.77. The van der Waals surface area contributed by atoms with E-state index in [2.05, 4.69) is 10.4 Å². The molecule has 84 valence electrons. The fourth-order valence-electron chi connectivity index (χ4n) is 1.54. The predicted octanol–water partition coefficient (Wildman–Crippen LogP) is 2.54. The van der Waals surface area contributed by atoms with Crippen LogP contribution in [0.5, 0.6) is 0 Å². The Morgan fingerprint density at radius 3 is 2.69 bits per heavy atom. The highest BCUT2D eigenvalue weighted by Crippen LogP contribution is 2.30. The lowest BCUT2D eigenvalue weighted by Crippen LogP contribution is -2.29. The standard InChI is InChI=1S/C11H12ClN3S/c12-9-3-6-16-11(9)10(15-13)7-8-1-4-14-5-2-8/h1-6,10,15H,7,13H2. The first-order valence-corrected chi connectivity index (χ1v) is 6.15. The average Bonchev–Trinajstić information content (AvgIpc) is 2.74. The molecule has 1 atom stereocenters. The maximum absolute atomic E-state index is 6.08. The van der Waals surface area contributed by atoms with Gasteiger partial charge < -0.3 is 0 Å². The van der Waals surface area contributed by atoms with Crippen molar-refractivity contribution in [2.45, 2.75) is 12.5 Å². The minimum atomic E-state index is 0.0508. The van der Waals surface area contributed by atoms with Gasteiger partial charge in [-0.3, -0.25) is 16.3 Å². The summed E-state index contributed by atoms with van der Waals surface area (Å²) in [4.78, 5) is 5.05. The Kier molecular flexibility index (Phi) is 3.90. The first-order chi connectivity index (χ1) is 7.81. The highest BCUT2D eigenvalue weighted by atomic mass is 35.5. The van der Waals surface area contributed by atoms with Gasteiger partial charge in [0.25, 0.3) is 0 Å². The average molecular weight is 254 g/mol. The van der Waals surface area contributed by atoms with Gasteiger partial charge in [0.15, 0.2) is 0 Å². The van der Waals surface area contributed by atoms with Crippen LogP contribution in [0.15, 0.2) is 36.0 Å². The number of thiophene rings is 1.